The molecule has 0 aliphatic heterocycles. The highest BCUT2D eigenvalue weighted by Crippen LogP contribution is 2.33. The standard InChI is InChI=1S/C38H38O2P2/c1-3-5-13-29-19-25-35(37(27-29)41(39)33-15-9-7-10-16-33)31-21-23-32(24-22-31)36-26-20-30(14-6-4-2)28-38(36)42(40)34-17-11-8-12-18-34/h7-12,15-28H,3-6,13-14H2,1-2H3/q+2. The zero-order valence-corrected chi connectivity index (χ0v) is 26.3. The van der Waals surface area contributed by atoms with Gasteiger partial charge in [-0.05, 0) is 96.5 Å². The van der Waals surface area contributed by atoms with Gasteiger partial charge in [0.25, 0.3) is 0 Å². The summed E-state index contributed by atoms with van der Waals surface area (Å²) in [5, 5.41) is 3.45. The monoisotopic (exact) mass is 588 g/mol. The molecule has 2 nitrogen and oxygen atoms in total. The predicted octanol–water partition coefficient (Wildman–Crippen LogP) is 9.26. The molecule has 5 rings (SSSR count). The summed E-state index contributed by atoms with van der Waals surface area (Å²) in [4.78, 5) is 0. The fraction of sp³-hybridized carbons (Fsp3) is 0.211. The van der Waals surface area contributed by atoms with Crippen molar-refractivity contribution < 1.29 is 9.13 Å². The lowest BCUT2D eigenvalue weighted by molar-refractivity contribution is 0.597. The molecule has 0 radical (unpaired) electrons. The van der Waals surface area contributed by atoms with Gasteiger partial charge in [-0.15, -0.1) is 0 Å². The van der Waals surface area contributed by atoms with E-state index < -0.39 is 15.6 Å². The summed E-state index contributed by atoms with van der Waals surface area (Å²) in [5.41, 5.74) is 6.51. The third kappa shape index (κ3) is 7.01. The third-order valence-corrected chi connectivity index (χ3v) is 10.8. The molecule has 0 saturated carbocycles. The third-order valence-electron chi connectivity index (χ3n) is 7.69. The zero-order valence-electron chi connectivity index (χ0n) is 24.5. The van der Waals surface area contributed by atoms with E-state index in [9.17, 15) is 9.13 Å². The Hall–Kier alpha value is -3.70. The molecule has 0 aliphatic rings. The second-order valence-corrected chi connectivity index (χ2v) is 13.9. The van der Waals surface area contributed by atoms with Gasteiger partial charge in [-0.2, -0.15) is 0 Å². The second kappa shape index (κ2) is 14.5. The van der Waals surface area contributed by atoms with Crippen LogP contribution in [0, 0.1) is 0 Å². The van der Waals surface area contributed by atoms with E-state index >= 15 is 0 Å². The van der Waals surface area contributed by atoms with Crippen LogP contribution in [-0.2, 0) is 22.0 Å². The Balaban J connectivity index is 1.54. The van der Waals surface area contributed by atoms with Crippen molar-refractivity contribution >= 4 is 36.8 Å². The SMILES string of the molecule is CCCCc1ccc(-c2ccc(-c3ccc(CCCC)cc3[P+](=O)c3ccccc3)cc2)c([P+](=O)c2ccccc2)c1. The summed E-state index contributed by atoms with van der Waals surface area (Å²) in [5.74, 6) is 0. The van der Waals surface area contributed by atoms with Crippen molar-refractivity contribution in [1.29, 1.82) is 0 Å². The van der Waals surface area contributed by atoms with Crippen molar-refractivity contribution in [2.24, 2.45) is 0 Å². The highest BCUT2D eigenvalue weighted by atomic mass is 31.1. The lowest BCUT2D eigenvalue weighted by Crippen LogP contribution is -2.11. The van der Waals surface area contributed by atoms with Gasteiger partial charge in [0.1, 0.15) is 0 Å². The fourth-order valence-corrected chi connectivity index (χ4v) is 8.14. The van der Waals surface area contributed by atoms with E-state index in [0.29, 0.717) is 0 Å². The van der Waals surface area contributed by atoms with Crippen LogP contribution in [0.4, 0.5) is 0 Å². The van der Waals surface area contributed by atoms with Crippen molar-refractivity contribution in [3.05, 3.63) is 132 Å². The normalized spacial score (nSPS) is 11.8. The van der Waals surface area contributed by atoms with Crippen LogP contribution < -0.4 is 21.2 Å². The van der Waals surface area contributed by atoms with Crippen LogP contribution in [0.1, 0.15) is 50.7 Å². The number of aryl methyl sites for hydroxylation is 2. The summed E-state index contributed by atoms with van der Waals surface area (Å²) < 4.78 is 27.7. The maximum absolute atomic E-state index is 13.8. The number of hydrogen-bond acceptors (Lipinski definition) is 2. The Morgan fingerprint density at radius 3 is 1.21 bits per heavy atom. The maximum Gasteiger partial charge on any atom is 0.415 e. The van der Waals surface area contributed by atoms with Crippen LogP contribution in [0.5, 0.6) is 0 Å². The van der Waals surface area contributed by atoms with Gasteiger partial charge in [0.2, 0.25) is 10.6 Å². The van der Waals surface area contributed by atoms with Crippen molar-refractivity contribution in [3.63, 3.8) is 0 Å². The molecule has 0 amide bonds. The second-order valence-electron chi connectivity index (χ2n) is 10.7. The minimum absolute atomic E-state index is 0.843. The summed E-state index contributed by atoms with van der Waals surface area (Å²) in [7, 11) is -3.47. The summed E-state index contributed by atoms with van der Waals surface area (Å²) in [6, 6.07) is 40.8. The molecule has 0 bridgehead atoms. The van der Waals surface area contributed by atoms with Gasteiger partial charge >= 0.3 is 15.6 Å². The minimum Gasteiger partial charge on any atom is -0.0654 e. The molecule has 42 heavy (non-hydrogen) atoms. The molecule has 0 saturated heterocycles. The van der Waals surface area contributed by atoms with Gasteiger partial charge in [-0.1, -0.05) is 109 Å². The highest BCUT2D eigenvalue weighted by Gasteiger charge is 2.30. The van der Waals surface area contributed by atoms with Crippen LogP contribution in [0.15, 0.2) is 121 Å². The number of unbranched alkanes of at least 4 members (excludes halogenated alkanes) is 2. The molecule has 0 spiro atoms. The van der Waals surface area contributed by atoms with E-state index in [1.807, 2.05) is 60.7 Å². The van der Waals surface area contributed by atoms with Crippen molar-refractivity contribution in [1.82, 2.24) is 0 Å². The van der Waals surface area contributed by atoms with Gasteiger partial charge in [0.05, 0.1) is 0 Å². The Morgan fingerprint density at radius 2 is 0.857 bits per heavy atom. The molecule has 2 unspecified atom stereocenters. The highest BCUT2D eigenvalue weighted by molar-refractivity contribution is 7.62. The largest absolute Gasteiger partial charge is 0.415 e. The van der Waals surface area contributed by atoms with Crippen LogP contribution in [-0.4, -0.2) is 0 Å². The molecule has 2 atom stereocenters. The van der Waals surface area contributed by atoms with E-state index in [1.54, 1.807) is 0 Å². The molecule has 4 heteroatoms. The molecule has 0 heterocycles. The molecule has 5 aromatic carbocycles. The van der Waals surface area contributed by atoms with E-state index in [-0.39, 0.29) is 0 Å². The molecule has 210 valence electrons. The summed E-state index contributed by atoms with van der Waals surface area (Å²) >= 11 is 0. The van der Waals surface area contributed by atoms with Gasteiger partial charge in [0, 0.05) is 11.1 Å². The van der Waals surface area contributed by atoms with E-state index in [1.165, 1.54) is 11.1 Å². The fourth-order valence-electron chi connectivity index (χ4n) is 5.29. The zero-order chi connectivity index (χ0) is 29.3. The average molecular weight is 589 g/mol. The quantitative estimate of drug-likeness (QED) is 0.136. The lowest BCUT2D eigenvalue weighted by atomic mass is 9.97. The smallest absolute Gasteiger partial charge is 0.0654 e. The number of benzene rings is 5. The first kappa shape index (κ1) is 29.8. The van der Waals surface area contributed by atoms with E-state index in [4.69, 9.17) is 0 Å². The first-order valence-electron chi connectivity index (χ1n) is 15.0. The maximum atomic E-state index is 13.8. The van der Waals surface area contributed by atoms with Crippen LogP contribution in [0.3, 0.4) is 0 Å². The topological polar surface area (TPSA) is 34.1 Å². The molecule has 0 fully saturated rings. The minimum atomic E-state index is -1.74. The molecular weight excluding hydrogens is 550 g/mol. The molecule has 0 N–H and O–H groups in total. The summed E-state index contributed by atoms with van der Waals surface area (Å²) in [6.45, 7) is 4.39. The molecular formula is C38H38O2P2+2. The van der Waals surface area contributed by atoms with Crippen molar-refractivity contribution in [3.8, 4) is 22.3 Å². The molecule has 0 aliphatic carbocycles. The molecule has 5 aromatic rings. The predicted molar refractivity (Wildman–Crippen MR) is 181 cm³/mol. The van der Waals surface area contributed by atoms with E-state index in [2.05, 4.69) is 74.5 Å². The Morgan fingerprint density at radius 1 is 0.476 bits per heavy atom. The van der Waals surface area contributed by atoms with Crippen LogP contribution in [0.25, 0.3) is 22.3 Å². The van der Waals surface area contributed by atoms with Gasteiger partial charge in [-0.3, -0.25) is 0 Å². The Bertz CT molecular complexity index is 1530. The average Bonchev–Trinajstić information content (AvgIpc) is 3.06. The van der Waals surface area contributed by atoms with E-state index in [0.717, 1.165) is 82.0 Å². The Kier molecular flexibility index (Phi) is 10.3. The van der Waals surface area contributed by atoms with Gasteiger partial charge in [-0.25, -0.2) is 0 Å². The Labute approximate surface area is 252 Å². The summed E-state index contributed by atoms with van der Waals surface area (Å²) in [6.07, 6.45) is 6.44. The molecule has 0 aromatic heterocycles. The first-order valence-corrected chi connectivity index (χ1v) is 17.5. The van der Waals surface area contributed by atoms with Gasteiger partial charge in [0.15, 0.2) is 10.6 Å². The van der Waals surface area contributed by atoms with Gasteiger partial charge < -0.3 is 0 Å². The van der Waals surface area contributed by atoms with Crippen molar-refractivity contribution in [2.45, 2.75) is 52.4 Å². The number of rotatable bonds is 12. The first-order chi connectivity index (χ1) is 20.6. The van der Waals surface area contributed by atoms with Crippen LogP contribution in [0.2, 0.25) is 0 Å². The van der Waals surface area contributed by atoms with Crippen molar-refractivity contribution in [2.75, 3.05) is 0 Å². The lowest BCUT2D eigenvalue weighted by Gasteiger charge is -2.09. The van der Waals surface area contributed by atoms with Crippen LogP contribution >= 0.6 is 15.6 Å². The number of hydrogen-bond donors (Lipinski definition) is 0.